The maximum absolute atomic E-state index is 12.9. The van der Waals surface area contributed by atoms with Gasteiger partial charge in [0.05, 0.1) is 38.9 Å². The molecule has 0 aliphatic carbocycles. The van der Waals surface area contributed by atoms with Crippen LogP contribution in [0.15, 0.2) is 30.3 Å². The summed E-state index contributed by atoms with van der Waals surface area (Å²) in [6, 6.07) is 9.50. The van der Waals surface area contributed by atoms with Crippen molar-refractivity contribution in [2.24, 2.45) is 0 Å². The van der Waals surface area contributed by atoms with E-state index in [1.54, 1.807) is 20.3 Å². The van der Waals surface area contributed by atoms with Crippen LogP contribution in [0.2, 0.25) is 5.02 Å². The van der Waals surface area contributed by atoms with Gasteiger partial charge in [-0.05, 0) is 35.9 Å². The van der Waals surface area contributed by atoms with E-state index in [9.17, 15) is 4.79 Å². The van der Waals surface area contributed by atoms with E-state index in [2.05, 4.69) is 4.90 Å². The van der Waals surface area contributed by atoms with E-state index in [1.807, 2.05) is 29.2 Å². The van der Waals surface area contributed by atoms with Crippen molar-refractivity contribution >= 4 is 17.5 Å². The van der Waals surface area contributed by atoms with Crippen LogP contribution in [0.3, 0.4) is 0 Å². The molecule has 0 atom stereocenters. The second-order valence-electron chi connectivity index (χ2n) is 7.97. The molecule has 2 heterocycles. The number of methoxy groups -OCH3 is 2. The minimum absolute atomic E-state index is 0.0918. The molecule has 0 aromatic heterocycles. The third-order valence-corrected chi connectivity index (χ3v) is 6.10. The largest absolute Gasteiger partial charge is 0.497 e. The van der Waals surface area contributed by atoms with Gasteiger partial charge in [-0.3, -0.25) is 9.69 Å². The topological polar surface area (TPSA) is 60.5 Å². The molecule has 2 aliphatic heterocycles. The SMILES string of the molecule is COc1ccc(OC)c(CN2CCN(C(=O)Cc3cc(Cl)c4c(c3)OCCCO4)CC2)c1. The first-order valence-corrected chi connectivity index (χ1v) is 11.2. The van der Waals surface area contributed by atoms with Gasteiger partial charge in [0.2, 0.25) is 5.91 Å². The van der Waals surface area contributed by atoms with Gasteiger partial charge in [-0.15, -0.1) is 0 Å². The summed E-state index contributed by atoms with van der Waals surface area (Å²) in [6.45, 7) is 4.88. The van der Waals surface area contributed by atoms with Crippen molar-refractivity contribution in [2.45, 2.75) is 19.4 Å². The highest BCUT2D eigenvalue weighted by Crippen LogP contribution is 2.38. The van der Waals surface area contributed by atoms with Crippen LogP contribution in [-0.2, 0) is 17.8 Å². The quantitative estimate of drug-likeness (QED) is 0.658. The fraction of sp³-hybridized carbons (Fsp3) is 0.458. The molecule has 0 spiro atoms. The fourth-order valence-corrected chi connectivity index (χ4v) is 4.36. The fourth-order valence-electron chi connectivity index (χ4n) is 4.07. The molecule has 0 unspecified atom stereocenters. The molecule has 8 heteroatoms. The first-order chi connectivity index (χ1) is 15.6. The van der Waals surface area contributed by atoms with Gasteiger partial charge in [0.1, 0.15) is 11.5 Å². The highest BCUT2D eigenvalue weighted by molar-refractivity contribution is 6.32. The van der Waals surface area contributed by atoms with Gasteiger partial charge in [-0.1, -0.05) is 11.6 Å². The van der Waals surface area contributed by atoms with Gasteiger partial charge in [-0.25, -0.2) is 0 Å². The summed E-state index contributed by atoms with van der Waals surface area (Å²) in [5, 5.41) is 0.490. The number of halogens is 1. The van der Waals surface area contributed by atoms with Crippen molar-refractivity contribution in [3.63, 3.8) is 0 Å². The van der Waals surface area contributed by atoms with E-state index < -0.39 is 0 Å². The lowest BCUT2D eigenvalue weighted by molar-refractivity contribution is -0.132. The van der Waals surface area contributed by atoms with Crippen molar-refractivity contribution in [1.29, 1.82) is 0 Å². The number of carbonyl (C=O) groups excluding carboxylic acids is 1. The smallest absolute Gasteiger partial charge is 0.227 e. The standard InChI is InChI=1S/C24H29ClN2O5/c1-29-19-4-5-21(30-2)18(15-19)16-26-6-8-27(9-7-26)23(28)14-17-12-20(25)24-22(13-17)31-10-3-11-32-24/h4-5,12-13,15H,3,6-11,14,16H2,1-2H3. The van der Waals surface area contributed by atoms with E-state index in [0.717, 1.165) is 48.7 Å². The maximum Gasteiger partial charge on any atom is 0.227 e. The van der Waals surface area contributed by atoms with Gasteiger partial charge in [0, 0.05) is 44.7 Å². The number of nitrogens with zero attached hydrogens (tertiary/aromatic N) is 2. The number of hydrogen-bond donors (Lipinski definition) is 0. The van der Waals surface area contributed by atoms with Crippen molar-refractivity contribution in [3.05, 3.63) is 46.5 Å². The number of carbonyl (C=O) groups is 1. The Morgan fingerprint density at radius 2 is 1.81 bits per heavy atom. The normalized spacial score (nSPS) is 16.4. The number of amides is 1. The molecule has 0 saturated carbocycles. The number of ether oxygens (including phenoxy) is 4. The van der Waals surface area contributed by atoms with Crippen LogP contribution in [0.4, 0.5) is 0 Å². The molecule has 2 aromatic rings. The van der Waals surface area contributed by atoms with Crippen LogP contribution in [0, 0.1) is 0 Å². The lowest BCUT2D eigenvalue weighted by Gasteiger charge is -2.35. The second-order valence-corrected chi connectivity index (χ2v) is 8.37. The van der Waals surface area contributed by atoms with E-state index in [4.69, 9.17) is 30.5 Å². The molecule has 172 valence electrons. The Kier molecular flexibility index (Phi) is 7.27. The zero-order valence-corrected chi connectivity index (χ0v) is 19.3. The molecule has 32 heavy (non-hydrogen) atoms. The zero-order valence-electron chi connectivity index (χ0n) is 18.6. The number of benzene rings is 2. The summed E-state index contributed by atoms with van der Waals surface area (Å²) in [5.74, 6) is 2.94. The predicted octanol–water partition coefficient (Wildman–Crippen LogP) is 3.41. The Bertz CT molecular complexity index is 960. The summed E-state index contributed by atoms with van der Waals surface area (Å²) in [4.78, 5) is 17.2. The van der Waals surface area contributed by atoms with Gasteiger partial charge in [0.25, 0.3) is 0 Å². The summed E-state index contributed by atoms with van der Waals surface area (Å²) in [7, 11) is 3.33. The molecule has 7 nitrogen and oxygen atoms in total. The summed E-state index contributed by atoms with van der Waals surface area (Å²) >= 11 is 6.38. The van der Waals surface area contributed by atoms with Crippen LogP contribution >= 0.6 is 11.6 Å². The van der Waals surface area contributed by atoms with Gasteiger partial charge >= 0.3 is 0 Å². The molecule has 0 N–H and O–H groups in total. The minimum atomic E-state index is 0.0918. The predicted molar refractivity (Wildman–Crippen MR) is 122 cm³/mol. The monoisotopic (exact) mass is 460 g/mol. The molecule has 1 amide bonds. The summed E-state index contributed by atoms with van der Waals surface area (Å²) in [6.07, 6.45) is 1.10. The lowest BCUT2D eigenvalue weighted by Crippen LogP contribution is -2.48. The molecule has 1 saturated heterocycles. The highest BCUT2D eigenvalue weighted by atomic mass is 35.5. The second kappa shape index (κ2) is 10.3. The van der Waals surface area contributed by atoms with Crippen LogP contribution < -0.4 is 18.9 Å². The Hall–Kier alpha value is -2.64. The number of piperazine rings is 1. The van der Waals surface area contributed by atoms with E-state index in [0.29, 0.717) is 49.2 Å². The molecule has 1 fully saturated rings. The molecule has 2 aromatic carbocycles. The average molecular weight is 461 g/mol. The van der Waals surface area contributed by atoms with Crippen molar-refractivity contribution < 1.29 is 23.7 Å². The van der Waals surface area contributed by atoms with E-state index in [-0.39, 0.29) is 5.91 Å². The van der Waals surface area contributed by atoms with Crippen LogP contribution in [0.5, 0.6) is 23.0 Å². The third-order valence-electron chi connectivity index (χ3n) is 5.82. The first-order valence-electron chi connectivity index (χ1n) is 10.9. The summed E-state index contributed by atoms with van der Waals surface area (Å²) < 4.78 is 22.3. The molecule has 0 bridgehead atoms. The number of rotatable bonds is 6. The minimum Gasteiger partial charge on any atom is -0.497 e. The lowest BCUT2D eigenvalue weighted by atomic mass is 10.1. The molecule has 0 radical (unpaired) electrons. The molecular formula is C24H29ClN2O5. The van der Waals surface area contributed by atoms with Gasteiger partial charge in [-0.2, -0.15) is 0 Å². The Morgan fingerprint density at radius 3 is 2.56 bits per heavy atom. The number of fused-ring (bicyclic) bond motifs is 1. The van der Waals surface area contributed by atoms with E-state index in [1.165, 1.54) is 0 Å². The van der Waals surface area contributed by atoms with E-state index >= 15 is 0 Å². The Morgan fingerprint density at radius 1 is 1.03 bits per heavy atom. The van der Waals surface area contributed by atoms with Crippen LogP contribution in [0.25, 0.3) is 0 Å². The average Bonchev–Trinajstić information content (AvgIpc) is 3.05. The van der Waals surface area contributed by atoms with Crippen LogP contribution in [0.1, 0.15) is 17.5 Å². The molecule has 4 rings (SSSR count). The van der Waals surface area contributed by atoms with Crippen molar-refractivity contribution in [3.8, 4) is 23.0 Å². The first kappa shape index (κ1) is 22.6. The van der Waals surface area contributed by atoms with Gasteiger partial charge in [0.15, 0.2) is 11.5 Å². The van der Waals surface area contributed by atoms with Gasteiger partial charge < -0.3 is 23.8 Å². The number of hydrogen-bond acceptors (Lipinski definition) is 6. The molecular weight excluding hydrogens is 432 g/mol. The van der Waals surface area contributed by atoms with Crippen LogP contribution in [-0.4, -0.2) is 69.3 Å². The third kappa shape index (κ3) is 5.22. The Labute approximate surface area is 193 Å². The molecule has 2 aliphatic rings. The summed E-state index contributed by atoms with van der Waals surface area (Å²) in [5.41, 5.74) is 1.92. The van der Waals surface area contributed by atoms with Crippen molar-refractivity contribution in [2.75, 3.05) is 53.6 Å². The Balaban J connectivity index is 1.34. The maximum atomic E-state index is 12.9. The highest BCUT2D eigenvalue weighted by Gasteiger charge is 2.23. The zero-order chi connectivity index (χ0) is 22.5. The van der Waals surface area contributed by atoms with Crippen molar-refractivity contribution in [1.82, 2.24) is 9.80 Å².